The van der Waals surface area contributed by atoms with Crippen LogP contribution in [0.25, 0.3) is 0 Å². The fraction of sp³-hybridized carbons (Fsp3) is 0.462. The van der Waals surface area contributed by atoms with Gasteiger partial charge in [-0.25, -0.2) is 4.39 Å². The summed E-state index contributed by atoms with van der Waals surface area (Å²) in [6.45, 7) is 1.15. The maximum absolute atomic E-state index is 13.6. The molecule has 0 aromatic heterocycles. The van der Waals surface area contributed by atoms with Gasteiger partial charge < -0.3 is 14.7 Å². The number of ether oxygens (including phenoxy) is 1. The molecule has 0 saturated carbocycles. The van der Waals surface area contributed by atoms with Crippen molar-refractivity contribution in [3.05, 3.63) is 29.6 Å². The van der Waals surface area contributed by atoms with E-state index in [1.54, 1.807) is 19.2 Å². The van der Waals surface area contributed by atoms with Gasteiger partial charge in [0, 0.05) is 31.5 Å². The summed E-state index contributed by atoms with van der Waals surface area (Å²) in [5, 5.41) is 17.9. The van der Waals surface area contributed by atoms with Gasteiger partial charge in [0.2, 0.25) is 0 Å². The molecule has 1 rings (SSSR count). The van der Waals surface area contributed by atoms with Crippen molar-refractivity contribution in [1.82, 2.24) is 0 Å². The maximum Gasteiger partial charge on any atom is 0.130 e. The van der Waals surface area contributed by atoms with Crippen LogP contribution in [0.5, 0.6) is 0 Å². The van der Waals surface area contributed by atoms with E-state index in [4.69, 9.17) is 10.00 Å². The van der Waals surface area contributed by atoms with Crippen LogP contribution in [0, 0.1) is 17.1 Å². The Kier molecular flexibility index (Phi) is 6.12. The minimum atomic E-state index is -0.436. The zero-order chi connectivity index (χ0) is 13.4. The summed E-state index contributed by atoms with van der Waals surface area (Å²) >= 11 is 0. The molecule has 0 heterocycles. The topological polar surface area (TPSA) is 56.5 Å². The largest absolute Gasteiger partial charge is 0.391 e. The first-order valence-corrected chi connectivity index (χ1v) is 5.73. The van der Waals surface area contributed by atoms with Crippen molar-refractivity contribution >= 4 is 5.69 Å². The number of nitriles is 1. The van der Waals surface area contributed by atoms with Crippen LogP contribution in [0.1, 0.15) is 12.0 Å². The van der Waals surface area contributed by atoms with E-state index in [0.29, 0.717) is 31.8 Å². The van der Waals surface area contributed by atoms with Crippen molar-refractivity contribution in [2.24, 2.45) is 0 Å². The third-order valence-electron chi connectivity index (χ3n) is 2.65. The minimum Gasteiger partial charge on any atom is -0.391 e. The Morgan fingerprint density at radius 1 is 1.44 bits per heavy atom. The first kappa shape index (κ1) is 14.4. The van der Waals surface area contributed by atoms with Crippen LogP contribution in [-0.2, 0) is 11.3 Å². The molecule has 0 radical (unpaired) electrons. The summed E-state index contributed by atoms with van der Waals surface area (Å²) in [6.07, 6.45) is 0.338. The van der Waals surface area contributed by atoms with Gasteiger partial charge in [-0.2, -0.15) is 5.26 Å². The normalized spacial score (nSPS) is 10.1. The van der Waals surface area contributed by atoms with E-state index in [-0.39, 0.29) is 12.2 Å². The number of methoxy groups -OCH3 is 1. The van der Waals surface area contributed by atoms with E-state index in [1.165, 1.54) is 6.07 Å². The minimum absolute atomic E-state index is 0.256. The van der Waals surface area contributed by atoms with Crippen molar-refractivity contribution in [3.8, 4) is 6.07 Å². The summed E-state index contributed by atoms with van der Waals surface area (Å²) < 4.78 is 18.6. The second-order valence-corrected chi connectivity index (χ2v) is 3.78. The zero-order valence-corrected chi connectivity index (χ0v) is 10.4. The molecule has 0 bridgehead atoms. The Balaban J connectivity index is 2.96. The smallest absolute Gasteiger partial charge is 0.130 e. The van der Waals surface area contributed by atoms with Crippen molar-refractivity contribution in [3.63, 3.8) is 0 Å². The molecule has 4 nitrogen and oxygen atoms in total. The third-order valence-corrected chi connectivity index (χ3v) is 2.65. The van der Waals surface area contributed by atoms with E-state index >= 15 is 0 Å². The van der Waals surface area contributed by atoms with Gasteiger partial charge in [-0.05, 0) is 12.1 Å². The Hall–Kier alpha value is -1.64. The van der Waals surface area contributed by atoms with Gasteiger partial charge in [0.05, 0.1) is 25.7 Å². The average Bonchev–Trinajstić information content (AvgIpc) is 2.39. The Morgan fingerprint density at radius 2 is 2.22 bits per heavy atom. The Labute approximate surface area is 106 Å². The highest BCUT2D eigenvalue weighted by atomic mass is 19.1. The van der Waals surface area contributed by atoms with Crippen LogP contribution in [0.15, 0.2) is 18.2 Å². The SMILES string of the molecule is COCCN(CCC#N)c1cccc(F)c1CO. The molecule has 1 aromatic rings. The van der Waals surface area contributed by atoms with Crippen LogP contribution >= 0.6 is 0 Å². The lowest BCUT2D eigenvalue weighted by Crippen LogP contribution is -2.29. The number of hydrogen-bond donors (Lipinski definition) is 1. The summed E-state index contributed by atoms with van der Waals surface area (Å²) in [5.41, 5.74) is 0.872. The molecule has 0 unspecified atom stereocenters. The van der Waals surface area contributed by atoms with Crippen LogP contribution < -0.4 is 4.90 Å². The van der Waals surface area contributed by atoms with E-state index in [2.05, 4.69) is 6.07 Å². The average molecular weight is 252 g/mol. The molecule has 1 N–H and O–H groups in total. The van der Waals surface area contributed by atoms with Gasteiger partial charge >= 0.3 is 0 Å². The predicted molar refractivity (Wildman–Crippen MR) is 66.6 cm³/mol. The van der Waals surface area contributed by atoms with Gasteiger partial charge in [0.1, 0.15) is 5.82 Å². The highest BCUT2D eigenvalue weighted by Crippen LogP contribution is 2.23. The van der Waals surface area contributed by atoms with Crippen LogP contribution in [0.3, 0.4) is 0 Å². The van der Waals surface area contributed by atoms with Gasteiger partial charge in [-0.1, -0.05) is 6.07 Å². The molecule has 0 aliphatic rings. The van der Waals surface area contributed by atoms with Crippen molar-refractivity contribution in [1.29, 1.82) is 5.26 Å². The molecule has 0 fully saturated rings. The fourth-order valence-corrected chi connectivity index (χ4v) is 1.74. The summed E-state index contributed by atoms with van der Waals surface area (Å²) in [4.78, 5) is 1.85. The molecule has 0 aliphatic carbocycles. The lowest BCUT2D eigenvalue weighted by molar-refractivity contribution is 0.205. The molecular formula is C13H17FN2O2. The second-order valence-electron chi connectivity index (χ2n) is 3.78. The molecule has 1 aromatic carbocycles. The van der Waals surface area contributed by atoms with Gasteiger partial charge in [-0.3, -0.25) is 0 Å². The molecule has 0 aliphatic heterocycles. The highest BCUT2D eigenvalue weighted by molar-refractivity contribution is 5.54. The van der Waals surface area contributed by atoms with Crippen molar-refractivity contribution in [2.75, 3.05) is 31.7 Å². The molecular weight excluding hydrogens is 235 g/mol. The summed E-state index contributed by atoms with van der Waals surface area (Å²) in [7, 11) is 1.58. The third kappa shape index (κ3) is 3.69. The monoisotopic (exact) mass is 252 g/mol. The van der Waals surface area contributed by atoms with E-state index < -0.39 is 5.82 Å². The molecule has 0 atom stereocenters. The number of rotatable bonds is 7. The number of halogens is 1. The van der Waals surface area contributed by atoms with Crippen molar-refractivity contribution in [2.45, 2.75) is 13.0 Å². The number of aliphatic hydroxyl groups is 1. The zero-order valence-electron chi connectivity index (χ0n) is 10.4. The summed E-state index contributed by atoms with van der Waals surface area (Å²) in [6, 6.07) is 6.70. The van der Waals surface area contributed by atoms with Crippen molar-refractivity contribution < 1.29 is 14.2 Å². The second kappa shape index (κ2) is 7.64. The van der Waals surface area contributed by atoms with Gasteiger partial charge in [-0.15, -0.1) is 0 Å². The molecule has 98 valence electrons. The summed E-state index contributed by atoms with van der Waals surface area (Å²) in [5.74, 6) is -0.436. The standard InChI is InChI=1S/C13H17FN2O2/c1-18-9-8-16(7-3-6-15)13-5-2-4-12(14)11(13)10-17/h2,4-5,17H,3,7-10H2,1H3. The Bertz CT molecular complexity index is 418. The molecule has 5 heteroatoms. The Morgan fingerprint density at radius 3 is 2.83 bits per heavy atom. The molecule has 18 heavy (non-hydrogen) atoms. The first-order valence-electron chi connectivity index (χ1n) is 5.73. The van der Waals surface area contributed by atoms with E-state index in [9.17, 15) is 9.50 Å². The quantitative estimate of drug-likeness (QED) is 0.802. The van der Waals surface area contributed by atoms with Gasteiger partial charge in [0.15, 0.2) is 0 Å². The number of anilines is 1. The number of nitrogens with zero attached hydrogens (tertiary/aromatic N) is 2. The molecule has 0 spiro atoms. The predicted octanol–water partition coefficient (Wildman–Crippen LogP) is 1.68. The fourth-order valence-electron chi connectivity index (χ4n) is 1.74. The number of hydrogen-bond acceptors (Lipinski definition) is 4. The van der Waals surface area contributed by atoms with Gasteiger partial charge in [0.25, 0.3) is 0 Å². The maximum atomic E-state index is 13.6. The molecule has 0 amide bonds. The van der Waals surface area contributed by atoms with Crippen LogP contribution in [0.4, 0.5) is 10.1 Å². The lowest BCUT2D eigenvalue weighted by atomic mass is 10.1. The lowest BCUT2D eigenvalue weighted by Gasteiger charge is -2.25. The van der Waals surface area contributed by atoms with E-state index in [0.717, 1.165) is 0 Å². The number of aliphatic hydroxyl groups excluding tert-OH is 1. The van der Waals surface area contributed by atoms with Crippen LogP contribution in [-0.4, -0.2) is 31.9 Å². The van der Waals surface area contributed by atoms with Crippen LogP contribution in [0.2, 0.25) is 0 Å². The highest BCUT2D eigenvalue weighted by Gasteiger charge is 2.13. The number of benzene rings is 1. The molecule has 0 saturated heterocycles. The first-order chi connectivity index (χ1) is 8.74. The van der Waals surface area contributed by atoms with E-state index in [1.807, 2.05) is 4.90 Å².